The molecule has 1 rings (SSSR count). The third-order valence-electron chi connectivity index (χ3n) is 3.63. The monoisotopic (exact) mass is 278 g/mol. The van der Waals surface area contributed by atoms with Gasteiger partial charge < -0.3 is 16.2 Å². The number of amides is 1. The van der Waals surface area contributed by atoms with Crippen LogP contribution in [0.1, 0.15) is 38.7 Å². The van der Waals surface area contributed by atoms with E-state index >= 15 is 0 Å². The summed E-state index contributed by atoms with van der Waals surface area (Å²) >= 11 is 0. The van der Waals surface area contributed by atoms with Gasteiger partial charge in [0.25, 0.3) is 0 Å². The molecule has 0 aromatic heterocycles. The molecule has 0 saturated carbocycles. The lowest BCUT2D eigenvalue weighted by Gasteiger charge is -2.25. The van der Waals surface area contributed by atoms with E-state index in [1.165, 1.54) is 0 Å². The van der Waals surface area contributed by atoms with Crippen molar-refractivity contribution in [3.63, 3.8) is 0 Å². The SMILES string of the molecule is CCCC(CCO)CNC(=O)C(C)(N)c1ccccc1. The third kappa shape index (κ3) is 4.62. The highest BCUT2D eigenvalue weighted by Crippen LogP contribution is 2.18. The molecular weight excluding hydrogens is 252 g/mol. The van der Waals surface area contributed by atoms with Gasteiger partial charge in [-0.05, 0) is 31.2 Å². The van der Waals surface area contributed by atoms with Gasteiger partial charge in [0.2, 0.25) is 5.91 Å². The van der Waals surface area contributed by atoms with E-state index in [0.717, 1.165) is 18.4 Å². The zero-order valence-corrected chi connectivity index (χ0v) is 12.4. The molecule has 0 bridgehead atoms. The zero-order chi connectivity index (χ0) is 15.0. The van der Waals surface area contributed by atoms with Gasteiger partial charge >= 0.3 is 0 Å². The van der Waals surface area contributed by atoms with Crippen molar-refractivity contribution in [2.45, 2.75) is 38.6 Å². The van der Waals surface area contributed by atoms with Gasteiger partial charge in [-0.25, -0.2) is 0 Å². The molecule has 4 N–H and O–H groups in total. The first kappa shape index (κ1) is 16.7. The second kappa shape index (κ2) is 8.02. The van der Waals surface area contributed by atoms with Crippen LogP contribution in [0.15, 0.2) is 30.3 Å². The van der Waals surface area contributed by atoms with Gasteiger partial charge in [0, 0.05) is 13.2 Å². The lowest BCUT2D eigenvalue weighted by atomic mass is 9.91. The number of benzene rings is 1. The van der Waals surface area contributed by atoms with Gasteiger partial charge in [0.05, 0.1) is 0 Å². The fourth-order valence-corrected chi connectivity index (χ4v) is 2.28. The quantitative estimate of drug-likeness (QED) is 0.678. The van der Waals surface area contributed by atoms with Gasteiger partial charge in [-0.1, -0.05) is 43.7 Å². The van der Waals surface area contributed by atoms with E-state index in [9.17, 15) is 4.79 Å². The summed E-state index contributed by atoms with van der Waals surface area (Å²) in [6, 6.07) is 9.36. The first-order valence-corrected chi connectivity index (χ1v) is 7.26. The number of nitrogens with one attached hydrogen (secondary N) is 1. The second-order valence-corrected chi connectivity index (χ2v) is 5.45. The van der Waals surface area contributed by atoms with Gasteiger partial charge in [0.1, 0.15) is 5.54 Å². The number of aliphatic hydroxyl groups is 1. The van der Waals surface area contributed by atoms with Crippen LogP contribution >= 0.6 is 0 Å². The Morgan fingerprint density at radius 3 is 2.55 bits per heavy atom. The largest absolute Gasteiger partial charge is 0.396 e. The molecule has 0 aliphatic carbocycles. The molecule has 4 heteroatoms. The molecule has 1 aromatic carbocycles. The van der Waals surface area contributed by atoms with Crippen LogP contribution < -0.4 is 11.1 Å². The molecular formula is C16H26N2O2. The molecule has 4 nitrogen and oxygen atoms in total. The molecule has 2 atom stereocenters. The molecule has 2 unspecified atom stereocenters. The molecule has 0 fully saturated rings. The lowest BCUT2D eigenvalue weighted by molar-refractivity contribution is -0.126. The Morgan fingerprint density at radius 1 is 1.35 bits per heavy atom. The highest BCUT2D eigenvalue weighted by molar-refractivity contribution is 5.86. The van der Waals surface area contributed by atoms with Gasteiger partial charge in [-0.3, -0.25) is 4.79 Å². The van der Waals surface area contributed by atoms with Crippen molar-refractivity contribution in [2.24, 2.45) is 11.7 Å². The molecule has 0 heterocycles. The van der Waals surface area contributed by atoms with Gasteiger partial charge in [-0.15, -0.1) is 0 Å². The minimum Gasteiger partial charge on any atom is -0.396 e. The molecule has 1 amide bonds. The van der Waals surface area contributed by atoms with E-state index in [4.69, 9.17) is 10.8 Å². The Morgan fingerprint density at radius 2 is 2.00 bits per heavy atom. The van der Waals surface area contributed by atoms with Crippen LogP contribution in [0.25, 0.3) is 0 Å². The van der Waals surface area contributed by atoms with Crippen LogP contribution in [0.2, 0.25) is 0 Å². The third-order valence-corrected chi connectivity index (χ3v) is 3.63. The predicted molar refractivity (Wildman–Crippen MR) is 81.1 cm³/mol. The summed E-state index contributed by atoms with van der Waals surface area (Å²) in [7, 11) is 0. The van der Waals surface area contributed by atoms with Crippen molar-refractivity contribution >= 4 is 5.91 Å². The number of carbonyl (C=O) groups is 1. The summed E-state index contributed by atoms with van der Waals surface area (Å²) in [6.45, 7) is 4.54. The standard InChI is InChI=1S/C16H26N2O2/c1-3-7-13(10-11-19)12-18-15(20)16(2,17)14-8-5-4-6-9-14/h4-6,8-9,13,19H,3,7,10-12,17H2,1-2H3,(H,18,20). The number of carbonyl (C=O) groups excluding carboxylic acids is 1. The van der Waals surface area contributed by atoms with Crippen LogP contribution in [0.4, 0.5) is 0 Å². The molecule has 112 valence electrons. The van der Waals surface area contributed by atoms with E-state index in [-0.39, 0.29) is 12.5 Å². The normalized spacial score (nSPS) is 15.4. The number of hydrogen-bond donors (Lipinski definition) is 3. The fourth-order valence-electron chi connectivity index (χ4n) is 2.28. The maximum atomic E-state index is 12.3. The maximum absolute atomic E-state index is 12.3. The summed E-state index contributed by atoms with van der Waals surface area (Å²) < 4.78 is 0. The smallest absolute Gasteiger partial charge is 0.244 e. The highest BCUT2D eigenvalue weighted by Gasteiger charge is 2.30. The van der Waals surface area contributed by atoms with E-state index in [2.05, 4.69) is 12.2 Å². The maximum Gasteiger partial charge on any atom is 0.244 e. The van der Waals surface area contributed by atoms with E-state index in [1.807, 2.05) is 30.3 Å². The van der Waals surface area contributed by atoms with Crippen LogP contribution in [-0.2, 0) is 10.3 Å². The number of rotatable bonds is 8. The summed E-state index contributed by atoms with van der Waals surface area (Å²) in [5.74, 6) is 0.128. The Balaban J connectivity index is 2.61. The summed E-state index contributed by atoms with van der Waals surface area (Å²) in [4.78, 5) is 12.3. The predicted octanol–water partition coefficient (Wildman–Crippen LogP) is 1.78. The van der Waals surface area contributed by atoms with E-state index < -0.39 is 5.54 Å². The topological polar surface area (TPSA) is 75.3 Å². The lowest BCUT2D eigenvalue weighted by Crippen LogP contribution is -2.50. The highest BCUT2D eigenvalue weighted by atomic mass is 16.3. The van der Waals surface area contributed by atoms with Crippen molar-refractivity contribution in [1.29, 1.82) is 0 Å². The van der Waals surface area contributed by atoms with Crippen molar-refractivity contribution in [3.05, 3.63) is 35.9 Å². The van der Waals surface area contributed by atoms with Crippen LogP contribution in [0.3, 0.4) is 0 Å². The summed E-state index contributed by atoms with van der Waals surface area (Å²) in [6.07, 6.45) is 2.74. The Hall–Kier alpha value is -1.39. The molecule has 20 heavy (non-hydrogen) atoms. The first-order valence-electron chi connectivity index (χ1n) is 7.26. The Kier molecular flexibility index (Phi) is 6.68. The number of nitrogens with two attached hydrogens (primary N) is 1. The van der Waals surface area contributed by atoms with Crippen molar-refractivity contribution < 1.29 is 9.90 Å². The Labute approximate surface area is 121 Å². The first-order chi connectivity index (χ1) is 9.52. The van der Waals surface area contributed by atoms with Crippen LogP contribution in [0.5, 0.6) is 0 Å². The van der Waals surface area contributed by atoms with Crippen LogP contribution in [0, 0.1) is 5.92 Å². The van der Waals surface area contributed by atoms with Crippen molar-refractivity contribution in [2.75, 3.05) is 13.2 Å². The molecule has 0 aliphatic rings. The van der Waals surface area contributed by atoms with E-state index in [1.54, 1.807) is 6.92 Å². The molecule has 1 aromatic rings. The Bertz CT molecular complexity index is 398. The summed E-state index contributed by atoms with van der Waals surface area (Å²) in [5, 5.41) is 11.9. The molecule has 0 spiro atoms. The average molecular weight is 278 g/mol. The minimum atomic E-state index is -1.03. The van der Waals surface area contributed by atoms with Crippen LogP contribution in [-0.4, -0.2) is 24.2 Å². The van der Waals surface area contributed by atoms with Crippen molar-refractivity contribution in [1.82, 2.24) is 5.32 Å². The molecule has 0 saturated heterocycles. The average Bonchev–Trinajstić information content (AvgIpc) is 2.45. The number of hydrogen-bond acceptors (Lipinski definition) is 3. The fraction of sp³-hybridized carbons (Fsp3) is 0.562. The van der Waals surface area contributed by atoms with E-state index in [0.29, 0.717) is 18.9 Å². The zero-order valence-electron chi connectivity index (χ0n) is 12.4. The molecule has 0 aliphatic heterocycles. The molecule has 0 radical (unpaired) electrons. The number of aliphatic hydroxyl groups excluding tert-OH is 1. The van der Waals surface area contributed by atoms with Gasteiger partial charge in [-0.2, -0.15) is 0 Å². The minimum absolute atomic E-state index is 0.152. The second-order valence-electron chi connectivity index (χ2n) is 5.45. The van der Waals surface area contributed by atoms with Gasteiger partial charge in [0.15, 0.2) is 0 Å². The van der Waals surface area contributed by atoms with Crippen molar-refractivity contribution in [3.8, 4) is 0 Å². The summed E-state index contributed by atoms with van der Waals surface area (Å²) in [5.41, 5.74) is 5.92.